The Bertz CT molecular complexity index is 520. The summed E-state index contributed by atoms with van der Waals surface area (Å²) in [6.45, 7) is 2.93. The first-order valence-corrected chi connectivity index (χ1v) is 8.00. The van der Waals surface area contributed by atoms with Crippen LogP contribution >= 0.6 is 15.9 Å². The lowest BCUT2D eigenvalue weighted by atomic mass is 9.91. The number of hydrazine groups is 2. The van der Waals surface area contributed by atoms with Crippen molar-refractivity contribution in [2.24, 2.45) is 0 Å². The van der Waals surface area contributed by atoms with E-state index in [1.54, 1.807) is 0 Å². The summed E-state index contributed by atoms with van der Waals surface area (Å²) in [7, 11) is 0. The third kappa shape index (κ3) is 3.27. The Hall–Kier alpha value is -0.990. The fourth-order valence-electron chi connectivity index (χ4n) is 2.94. The minimum Gasteiger partial charge on any atom is -0.338 e. The molecule has 2 aliphatic heterocycles. The monoisotopic (exact) mass is 353 g/mol. The second kappa shape index (κ2) is 6.41. The van der Waals surface area contributed by atoms with E-state index in [0.717, 1.165) is 17.4 Å². The Morgan fingerprint density at radius 3 is 2.90 bits per heavy atom. The van der Waals surface area contributed by atoms with E-state index in [9.17, 15) is 4.79 Å². The number of amides is 1. The summed E-state index contributed by atoms with van der Waals surface area (Å²) in [4.78, 5) is 12.3. The van der Waals surface area contributed by atoms with Crippen molar-refractivity contribution >= 4 is 21.8 Å². The molecule has 2 heterocycles. The van der Waals surface area contributed by atoms with E-state index in [0.29, 0.717) is 0 Å². The molecule has 1 aromatic rings. The number of hydrogen-bond donors (Lipinski definition) is 5. The largest absolute Gasteiger partial charge is 0.338 e. The molecular weight excluding hydrogens is 334 g/mol. The number of carbonyl (C=O) groups is 1. The zero-order valence-electron chi connectivity index (χ0n) is 11.8. The highest BCUT2D eigenvalue weighted by atomic mass is 79.9. The van der Waals surface area contributed by atoms with E-state index in [4.69, 9.17) is 0 Å². The predicted octanol–water partition coefficient (Wildman–Crippen LogP) is 0.338. The lowest BCUT2D eigenvalue weighted by molar-refractivity contribution is -0.123. The molecule has 0 aliphatic carbocycles. The van der Waals surface area contributed by atoms with Crippen molar-refractivity contribution in [3.63, 3.8) is 0 Å². The Labute approximate surface area is 132 Å². The van der Waals surface area contributed by atoms with Crippen molar-refractivity contribution in [2.45, 2.75) is 37.5 Å². The lowest BCUT2D eigenvalue weighted by Gasteiger charge is -2.24. The van der Waals surface area contributed by atoms with Gasteiger partial charge in [-0.05, 0) is 31.0 Å². The zero-order valence-corrected chi connectivity index (χ0v) is 13.4. The van der Waals surface area contributed by atoms with Crippen molar-refractivity contribution < 1.29 is 4.79 Å². The standard InChI is InChI=1S/C14H20BrN5O/c1-8-12(9-3-2-4-10(15)7-9)13(20-18-8)17-14(21)11-5-6-16-19-11/h2-4,7-8,11-13,16,18-20H,5-6H2,1H3,(H,17,21). The number of nitrogens with one attached hydrogen (secondary N) is 5. The molecule has 0 aromatic heterocycles. The maximum Gasteiger partial charge on any atom is 0.239 e. The summed E-state index contributed by atoms with van der Waals surface area (Å²) in [6.07, 6.45) is 0.688. The molecule has 21 heavy (non-hydrogen) atoms. The van der Waals surface area contributed by atoms with Crippen LogP contribution in [0.25, 0.3) is 0 Å². The molecular formula is C14H20BrN5O. The predicted molar refractivity (Wildman–Crippen MR) is 84.1 cm³/mol. The van der Waals surface area contributed by atoms with Gasteiger partial charge in [-0.3, -0.25) is 15.6 Å². The first kappa shape index (κ1) is 14.9. The van der Waals surface area contributed by atoms with Gasteiger partial charge in [0.15, 0.2) is 0 Å². The maximum absolute atomic E-state index is 12.3. The van der Waals surface area contributed by atoms with Crippen LogP contribution in [0.1, 0.15) is 24.8 Å². The van der Waals surface area contributed by atoms with Gasteiger partial charge in [0.1, 0.15) is 12.2 Å². The van der Waals surface area contributed by atoms with Crippen molar-refractivity contribution in [3.05, 3.63) is 34.3 Å². The molecule has 0 bridgehead atoms. The molecule has 3 rings (SSSR count). The van der Waals surface area contributed by atoms with Gasteiger partial charge in [-0.25, -0.2) is 10.9 Å². The molecule has 6 nitrogen and oxygen atoms in total. The van der Waals surface area contributed by atoms with Crippen LogP contribution in [-0.4, -0.2) is 30.7 Å². The normalized spacial score (nSPS) is 32.3. The Balaban J connectivity index is 1.73. The minimum atomic E-state index is -0.161. The third-order valence-corrected chi connectivity index (χ3v) is 4.54. The van der Waals surface area contributed by atoms with Gasteiger partial charge in [-0.1, -0.05) is 28.1 Å². The van der Waals surface area contributed by atoms with Crippen LogP contribution in [0.5, 0.6) is 0 Å². The van der Waals surface area contributed by atoms with Crippen molar-refractivity contribution in [2.75, 3.05) is 6.54 Å². The maximum atomic E-state index is 12.3. The van der Waals surface area contributed by atoms with E-state index in [1.165, 1.54) is 5.56 Å². The quantitative estimate of drug-likeness (QED) is 0.541. The van der Waals surface area contributed by atoms with E-state index in [-0.39, 0.29) is 30.1 Å². The highest BCUT2D eigenvalue weighted by molar-refractivity contribution is 9.10. The van der Waals surface area contributed by atoms with Crippen LogP contribution < -0.4 is 27.0 Å². The highest BCUT2D eigenvalue weighted by Crippen LogP contribution is 2.28. The van der Waals surface area contributed by atoms with Gasteiger partial charge in [0.25, 0.3) is 0 Å². The summed E-state index contributed by atoms with van der Waals surface area (Å²) in [5.41, 5.74) is 13.6. The Morgan fingerprint density at radius 1 is 1.33 bits per heavy atom. The van der Waals surface area contributed by atoms with Crippen LogP contribution in [0.3, 0.4) is 0 Å². The van der Waals surface area contributed by atoms with Gasteiger partial charge in [0, 0.05) is 23.0 Å². The van der Waals surface area contributed by atoms with Crippen LogP contribution in [-0.2, 0) is 4.79 Å². The molecule has 5 N–H and O–H groups in total. The summed E-state index contributed by atoms with van der Waals surface area (Å²) < 4.78 is 1.05. The first-order valence-electron chi connectivity index (χ1n) is 7.20. The Kier molecular flexibility index (Phi) is 4.56. The van der Waals surface area contributed by atoms with Gasteiger partial charge >= 0.3 is 0 Å². The topological polar surface area (TPSA) is 77.2 Å². The summed E-state index contributed by atoms with van der Waals surface area (Å²) in [5.74, 6) is 0.203. The van der Waals surface area contributed by atoms with E-state index in [1.807, 2.05) is 12.1 Å². The third-order valence-electron chi connectivity index (χ3n) is 4.05. The zero-order chi connectivity index (χ0) is 14.8. The highest BCUT2D eigenvalue weighted by Gasteiger charge is 2.36. The fraction of sp³-hybridized carbons (Fsp3) is 0.500. The molecule has 114 valence electrons. The molecule has 4 unspecified atom stereocenters. The SMILES string of the molecule is CC1NNC(NC(=O)C2CCNN2)C1c1cccc(Br)c1. The van der Waals surface area contributed by atoms with Gasteiger partial charge in [-0.2, -0.15) is 0 Å². The van der Waals surface area contributed by atoms with Crippen LogP contribution in [0.2, 0.25) is 0 Å². The number of carbonyl (C=O) groups excluding carboxylic acids is 1. The second-order valence-corrected chi connectivity index (χ2v) is 6.47. The molecule has 7 heteroatoms. The first-order chi connectivity index (χ1) is 10.1. The molecule has 1 aromatic carbocycles. The Morgan fingerprint density at radius 2 is 2.19 bits per heavy atom. The van der Waals surface area contributed by atoms with Crippen molar-refractivity contribution in [1.29, 1.82) is 0 Å². The molecule has 2 saturated heterocycles. The van der Waals surface area contributed by atoms with Gasteiger partial charge in [0.05, 0.1) is 0 Å². The number of rotatable bonds is 3. The fourth-order valence-corrected chi connectivity index (χ4v) is 3.36. The summed E-state index contributed by atoms with van der Waals surface area (Å²) in [6, 6.07) is 8.29. The number of hydrogen-bond acceptors (Lipinski definition) is 5. The molecule has 0 spiro atoms. The van der Waals surface area contributed by atoms with Crippen LogP contribution in [0, 0.1) is 0 Å². The molecule has 2 aliphatic rings. The molecule has 4 atom stereocenters. The van der Waals surface area contributed by atoms with Gasteiger partial charge in [-0.15, -0.1) is 0 Å². The molecule has 0 saturated carbocycles. The summed E-state index contributed by atoms with van der Waals surface area (Å²) in [5, 5.41) is 3.09. The van der Waals surface area contributed by atoms with E-state index < -0.39 is 0 Å². The summed E-state index contributed by atoms with van der Waals surface area (Å²) >= 11 is 3.51. The van der Waals surface area contributed by atoms with E-state index >= 15 is 0 Å². The number of benzene rings is 1. The molecule has 0 radical (unpaired) electrons. The van der Waals surface area contributed by atoms with Gasteiger partial charge < -0.3 is 5.32 Å². The van der Waals surface area contributed by atoms with Gasteiger partial charge in [0.2, 0.25) is 5.91 Å². The average molecular weight is 354 g/mol. The van der Waals surface area contributed by atoms with E-state index in [2.05, 4.69) is 62.0 Å². The molecule has 2 fully saturated rings. The van der Waals surface area contributed by atoms with Crippen molar-refractivity contribution in [1.82, 2.24) is 27.0 Å². The second-order valence-electron chi connectivity index (χ2n) is 5.56. The van der Waals surface area contributed by atoms with Crippen molar-refractivity contribution in [3.8, 4) is 0 Å². The number of halogens is 1. The smallest absolute Gasteiger partial charge is 0.239 e. The van der Waals surface area contributed by atoms with Crippen LogP contribution in [0.4, 0.5) is 0 Å². The average Bonchev–Trinajstić information content (AvgIpc) is 3.09. The minimum absolute atomic E-state index is 0.0217. The molecule has 1 amide bonds. The van der Waals surface area contributed by atoms with Crippen LogP contribution in [0.15, 0.2) is 28.7 Å². The lowest BCUT2D eigenvalue weighted by Crippen LogP contribution is -2.52.